The van der Waals surface area contributed by atoms with Crippen molar-refractivity contribution >= 4 is 0 Å². The molecule has 0 spiro atoms. The van der Waals surface area contributed by atoms with Gasteiger partial charge in [0.2, 0.25) is 0 Å². The second-order valence-electron chi connectivity index (χ2n) is 3.63. The fraction of sp³-hybridized carbons (Fsp3) is 0.167. The Morgan fingerprint density at radius 3 is 2.53 bits per heavy atom. The number of hydrogen-bond acceptors (Lipinski definition) is 2. The first-order chi connectivity index (χ1) is 7.97. The maximum Gasteiger partial charge on any atom is 0.433 e. The van der Waals surface area contributed by atoms with Crippen molar-refractivity contribution < 1.29 is 13.2 Å². The smallest absolute Gasteiger partial charge is 0.237 e. The standard InChI is InChI=1S/C12H9F3N2/c1-8-3-2-4-9(7-8)11-16-6-5-10(17-11)12(13,14)15/h2-7H,1H3. The third-order valence-corrected chi connectivity index (χ3v) is 2.22. The largest absolute Gasteiger partial charge is 0.433 e. The van der Waals surface area contributed by atoms with Gasteiger partial charge in [-0.1, -0.05) is 23.8 Å². The van der Waals surface area contributed by atoms with E-state index in [2.05, 4.69) is 9.97 Å². The Bertz CT molecular complexity index is 535. The molecule has 0 N–H and O–H groups in total. The molecule has 0 fully saturated rings. The fourth-order valence-electron chi connectivity index (χ4n) is 1.44. The molecule has 0 unspecified atom stereocenters. The van der Waals surface area contributed by atoms with Gasteiger partial charge in [0.15, 0.2) is 5.82 Å². The monoisotopic (exact) mass is 238 g/mol. The number of aryl methyl sites for hydroxylation is 1. The third kappa shape index (κ3) is 2.61. The highest BCUT2D eigenvalue weighted by molar-refractivity contribution is 5.55. The lowest BCUT2D eigenvalue weighted by atomic mass is 10.1. The van der Waals surface area contributed by atoms with Crippen LogP contribution >= 0.6 is 0 Å². The zero-order chi connectivity index (χ0) is 12.5. The quantitative estimate of drug-likeness (QED) is 0.760. The molecule has 0 bridgehead atoms. The Morgan fingerprint density at radius 2 is 1.88 bits per heavy atom. The van der Waals surface area contributed by atoms with Gasteiger partial charge in [-0.05, 0) is 19.1 Å². The average Bonchev–Trinajstić information content (AvgIpc) is 2.28. The molecule has 0 aliphatic rings. The van der Waals surface area contributed by atoms with E-state index in [1.807, 2.05) is 13.0 Å². The van der Waals surface area contributed by atoms with Gasteiger partial charge in [-0.15, -0.1) is 0 Å². The second-order valence-corrected chi connectivity index (χ2v) is 3.63. The van der Waals surface area contributed by atoms with Crippen molar-refractivity contribution in [1.29, 1.82) is 0 Å². The zero-order valence-corrected chi connectivity index (χ0v) is 8.99. The van der Waals surface area contributed by atoms with E-state index in [9.17, 15) is 13.2 Å². The van der Waals surface area contributed by atoms with E-state index >= 15 is 0 Å². The van der Waals surface area contributed by atoms with Crippen LogP contribution in [-0.2, 0) is 6.18 Å². The summed E-state index contributed by atoms with van der Waals surface area (Å²) in [5.74, 6) is 0.0866. The molecule has 1 aromatic carbocycles. The third-order valence-electron chi connectivity index (χ3n) is 2.22. The van der Waals surface area contributed by atoms with Crippen LogP contribution in [0, 0.1) is 6.92 Å². The van der Waals surface area contributed by atoms with Crippen LogP contribution in [0.25, 0.3) is 11.4 Å². The van der Waals surface area contributed by atoms with Crippen molar-refractivity contribution in [2.24, 2.45) is 0 Å². The summed E-state index contributed by atoms with van der Waals surface area (Å²) < 4.78 is 37.4. The van der Waals surface area contributed by atoms with Gasteiger partial charge < -0.3 is 0 Å². The van der Waals surface area contributed by atoms with Crippen molar-refractivity contribution in [3.8, 4) is 11.4 Å². The van der Waals surface area contributed by atoms with Gasteiger partial charge >= 0.3 is 6.18 Å². The van der Waals surface area contributed by atoms with Crippen LogP contribution in [0.4, 0.5) is 13.2 Å². The molecule has 1 heterocycles. The van der Waals surface area contributed by atoms with Crippen LogP contribution in [0.2, 0.25) is 0 Å². The first-order valence-electron chi connectivity index (χ1n) is 4.94. The molecule has 2 aromatic rings. The lowest BCUT2D eigenvalue weighted by Gasteiger charge is -2.07. The zero-order valence-electron chi connectivity index (χ0n) is 8.99. The highest BCUT2D eigenvalue weighted by atomic mass is 19.4. The van der Waals surface area contributed by atoms with E-state index in [-0.39, 0.29) is 5.82 Å². The number of halogens is 3. The molecular formula is C12H9F3N2. The maximum absolute atomic E-state index is 12.5. The van der Waals surface area contributed by atoms with E-state index in [4.69, 9.17) is 0 Å². The molecule has 0 saturated heterocycles. The minimum absolute atomic E-state index is 0.0866. The summed E-state index contributed by atoms with van der Waals surface area (Å²) in [6.45, 7) is 1.86. The molecule has 5 heteroatoms. The molecule has 0 radical (unpaired) electrons. The predicted molar refractivity (Wildman–Crippen MR) is 57.2 cm³/mol. The van der Waals surface area contributed by atoms with Crippen LogP contribution < -0.4 is 0 Å². The van der Waals surface area contributed by atoms with Gasteiger partial charge in [0, 0.05) is 11.8 Å². The molecule has 0 atom stereocenters. The van der Waals surface area contributed by atoms with E-state index in [0.717, 1.165) is 17.8 Å². The Kier molecular flexibility index (Phi) is 2.83. The normalized spacial score (nSPS) is 11.5. The molecule has 2 rings (SSSR count). The van der Waals surface area contributed by atoms with Crippen LogP contribution in [0.3, 0.4) is 0 Å². The number of hydrogen-bond donors (Lipinski definition) is 0. The van der Waals surface area contributed by atoms with Crippen molar-refractivity contribution in [3.63, 3.8) is 0 Å². The SMILES string of the molecule is Cc1cccc(-c2nccc(C(F)(F)F)n2)c1. The summed E-state index contributed by atoms with van der Waals surface area (Å²) in [5, 5.41) is 0. The van der Waals surface area contributed by atoms with Crippen LogP contribution in [0.15, 0.2) is 36.5 Å². The summed E-state index contributed by atoms with van der Waals surface area (Å²) >= 11 is 0. The highest BCUT2D eigenvalue weighted by Gasteiger charge is 2.32. The molecule has 17 heavy (non-hydrogen) atoms. The summed E-state index contributed by atoms with van der Waals surface area (Å²) in [6.07, 6.45) is -3.32. The summed E-state index contributed by atoms with van der Waals surface area (Å²) in [6, 6.07) is 7.91. The highest BCUT2D eigenvalue weighted by Crippen LogP contribution is 2.28. The van der Waals surface area contributed by atoms with Crippen molar-refractivity contribution in [2.75, 3.05) is 0 Å². The average molecular weight is 238 g/mol. The van der Waals surface area contributed by atoms with E-state index in [1.54, 1.807) is 18.2 Å². The van der Waals surface area contributed by atoms with Gasteiger partial charge in [-0.3, -0.25) is 0 Å². The first-order valence-corrected chi connectivity index (χ1v) is 4.94. The lowest BCUT2D eigenvalue weighted by Crippen LogP contribution is -2.08. The number of benzene rings is 1. The number of alkyl halides is 3. The van der Waals surface area contributed by atoms with E-state index in [1.165, 1.54) is 0 Å². The van der Waals surface area contributed by atoms with Gasteiger partial charge in [-0.2, -0.15) is 13.2 Å². The number of nitrogens with zero attached hydrogens (tertiary/aromatic N) is 2. The molecule has 0 saturated carbocycles. The Labute approximate surface area is 96.2 Å². The summed E-state index contributed by atoms with van der Waals surface area (Å²) in [4.78, 5) is 7.37. The Hall–Kier alpha value is -1.91. The minimum Gasteiger partial charge on any atom is -0.237 e. The summed E-state index contributed by atoms with van der Waals surface area (Å²) in [7, 11) is 0. The van der Waals surface area contributed by atoms with Gasteiger partial charge in [-0.25, -0.2) is 9.97 Å². The van der Waals surface area contributed by atoms with E-state index < -0.39 is 11.9 Å². The fourth-order valence-corrected chi connectivity index (χ4v) is 1.44. The topological polar surface area (TPSA) is 25.8 Å². The number of aromatic nitrogens is 2. The van der Waals surface area contributed by atoms with Crippen LogP contribution in [0.5, 0.6) is 0 Å². The Morgan fingerprint density at radius 1 is 1.12 bits per heavy atom. The second kappa shape index (κ2) is 4.16. The Balaban J connectivity index is 2.47. The maximum atomic E-state index is 12.5. The molecular weight excluding hydrogens is 229 g/mol. The molecule has 0 aliphatic carbocycles. The minimum atomic E-state index is -4.44. The number of rotatable bonds is 1. The summed E-state index contributed by atoms with van der Waals surface area (Å²) in [5.41, 5.74) is 0.601. The molecule has 0 aliphatic heterocycles. The molecule has 1 aromatic heterocycles. The first kappa shape index (κ1) is 11.6. The van der Waals surface area contributed by atoms with E-state index in [0.29, 0.717) is 5.56 Å². The van der Waals surface area contributed by atoms with Crippen molar-refractivity contribution in [1.82, 2.24) is 9.97 Å². The van der Waals surface area contributed by atoms with Crippen LogP contribution in [0.1, 0.15) is 11.3 Å². The van der Waals surface area contributed by atoms with Gasteiger partial charge in [0.05, 0.1) is 0 Å². The van der Waals surface area contributed by atoms with Crippen molar-refractivity contribution in [2.45, 2.75) is 13.1 Å². The molecule has 0 amide bonds. The van der Waals surface area contributed by atoms with Crippen LogP contribution in [-0.4, -0.2) is 9.97 Å². The van der Waals surface area contributed by atoms with Crippen molar-refractivity contribution in [3.05, 3.63) is 47.8 Å². The molecule has 88 valence electrons. The lowest BCUT2D eigenvalue weighted by molar-refractivity contribution is -0.141. The molecule has 2 nitrogen and oxygen atoms in total. The van der Waals surface area contributed by atoms with Gasteiger partial charge in [0.1, 0.15) is 5.69 Å². The predicted octanol–water partition coefficient (Wildman–Crippen LogP) is 3.47. The van der Waals surface area contributed by atoms with Gasteiger partial charge in [0.25, 0.3) is 0 Å².